The van der Waals surface area contributed by atoms with Crippen LogP contribution < -0.4 is 10.9 Å². The average molecular weight is 441 g/mol. The van der Waals surface area contributed by atoms with E-state index in [-0.39, 0.29) is 11.1 Å². The molecule has 2 aromatic carbocycles. The molecule has 7 nitrogen and oxygen atoms in total. The number of fused-ring (bicyclic) bond motifs is 1. The number of benzene rings is 2. The Bertz CT molecular complexity index is 1520. The van der Waals surface area contributed by atoms with E-state index in [1.165, 1.54) is 35.0 Å². The van der Waals surface area contributed by atoms with Gasteiger partial charge in [0.2, 0.25) is 0 Å². The van der Waals surface area contributed by atoms with Gasteiger partial charge in [-0.1, -0.05) is 12.1 Å². The van der Waals surface area contributed by atoms with Gasteiger partial charge in [-0.15, -0.1) is 0 Å². The monoisotopic (exact) mass is 441 g/mol. The first kappa shape index (κ1) is 21.7. The van der Waals surface area contributed by atoms with E-state index in [0.29, 0.717) is 33.7 Å². The van der Waals surface area contributed by atoms with Gasteiger partial charge in [0.1, 0.15) is 23.3 Å². The Kier molecular flexibility index (Phi) is 5.63. The van der Waals surface area contributed by atoms with E-state index in [0.717, 1.165) is 5.69 Å². The minimum absolute atomic E-state index is 0.125. The highest BCUT2D eigenvalue weighted by atomic mass is 19.1. The van der Waals surface area contributed by atoms with E-state index in [1.54, 1.807) is 42.8 Å². The van der Waals surface area contributed by atoms with Crippen LogP contribution in [0.1, 0.15) is 22.8 Å². The molecular weight excluding hydrogens is 421 g/mol. The van der Waals surface area contributed by atoms with Gasteiger partial charge in [-0.25, -0.2) is 9.37 Å². The molecule has 0 saturated heterocycles. The normalized spacial score (nSPS) is 11.4. The molecule has 8 heteroatoms. The largest absolute Gasteiger partial charge is 0.321 e. The number of hydrogen-bond acceptors (Lipinski definition) is 4. The third kappa shape index (κ3) is 4.04. The van der Waals surface area contributed by atoms with Gasteiger partial charge >= 0.3 is 0 Å². The molecule has 0 radical (unpaired) electrons. The molecular formula is C25H20FN5O2. The minimum atomic E-state index is -0.616. The van der Waals surface area contributed by atoms with Gasteiger partial charge < -0.3 is 5.32 Å². The van der Waals surface area contributed by atoms with E-state index in [2.05, 4.69) is 10.3 Å². The van der Waals surface area contributed by atoms with E-state index in [4.69, 9.17) is 0 Å². The Morgan fingerprint density at radius 1 is 1.09 bits per heavy atom. The zero-order chi connectivity index (χ0) is 23.7. The summed E-state index contributed by atoms with van der Waals surface area (Å²) in [5.74, 6) is -0.537. The van der Waals surface area contributed by atoms with Gasteiger partial charge in [0.05, 0.1) is 10.9 Å². The zero-order valence-corrected chi connectivity index (χ0v) is 18.3. The molecule has 164 valence electrons. The van der Waals surface area contributed by atoms with Crippen molar-refractivity contribution in [3.8, 4) is 6.07 Å². The summed E-state index contributed by atoms with van der Waals surface area (Å²) in [7, 11) is 0. The number of para-hydroxylation sites is 1. The van der Waals surface area contributed by atoms with E-state index in [9.17, 15) is 19.2 Å². The fourth-order valence-electron chi connectivity index (χ4n) is 3.74. The molecule has 0 fully saturated rings. The molecule has 1 amide bonds. The third-order valence-corrected chi connectivity index (χ3v) is 5.32. The van der Waals surface area contributed by atoms with Crippen molar-refractivity contribution in [2.45, 2.75) is 20.8 Å². The number of carbonyl (C=O) groups excluding carboxylic acids is 1. The summed E-state index contributed by atoms with van der Waals surface area (Å²) in [6.45, 7) is 5.38. The Morgan fingerprint density at radius 3 is 2.48 bits per heavy atom. The first-order valence-corrected chi connectivity index (χ1v) is 10.2. The quantitative estimate of drug-likeness (QED) is 0.381. The SMILES string of the molecule is Cc1cc(C=C(C#N)C(=O)Nc2ccc(F)cc2)c(C)n1-n1c(C)nc2ccccc2c1=O. The number of carbonyl (C=O) groups is 1. The summed E-state index contributed by atoms with van der Waals surface area (Å²) in [5.41, 5.74) is 2.65. The second-order valence-corrected chi connectivity index (χ2v) is 7.56. The molecule has 2 aromatic heterocycles. The number of aryl methyl sites for hydroxylation is 2. The number of hydrogen-bond donors (Lipinski definition) is 1. The van der Waals surface area contributed by atoms with E-state index >= 15 is 0 Å². The molecule has 0 spiro atoms. The molecule has 4 rings (SSSR count). The summed E-state index contributed by atoms with van der Waals surface area (Å²) in [6.07, 6.45) is 1.46. The van der Waals surface area contributed by atoms with Gasteiger partial charge in [-0.2, -0.15) is 9.94 Å². The summed E-state index contributed by atoms with van der Waals surface area (Å²) in [5, 5.41) is 12.6. The minimum Gasteiger partial charge on any atom is -0.321 e. The molecule has 1 N–H and O–H groups in total. The predicted octanol–water partition coefficient (Wildman–Crippen LogP) is 4.12. The summed E-state index contributed by atoms with van der Waals surface area (Å²) >= 11 is 0. The number of anilines is 1. The fraction of sp³-hybridized carbons (Fsp3) is 0.120. The highest BCUT2D eigenvalue weighted by molar-refractivity contribution is 6.09. The van der Waals surface area contributed by atoms with Crippen molar-refractivity contribution < 1.29 is 9.18 Å². The van der Waals surface area contributed by atoms with Gasteiger partial charge in [0.25, 0.3) is 11.5 Å². The van der Waals surface area contributed by atoms with Crippen LogP contribution in [-0.2, 0) is 4.79 Å². The Hall–Kier alpha value is -4.51. The molecule has 0 unspecified atom stereocenters. The first-order valence-electron chi connectivity index (χ1n) is 10.2. The Balaban J connectivity index is 1.76. The number of aromatic nitrogens is 3. The maximum Gasteiger partial charge on any atom is 0.280 e. The lowest BCUT2D eigenvalue weighted by Crippen LogP contribution is -2.30. The molecule has 33 heavy (non-hydrogen) atoms. The summed E-state index contributed by atoms with van der Waals surface area (Å²) in [4.78, 5) is 30.4. The van der Waals surface area contributed by atoms with E-state index < -0.39 is 11.7 Å². The fourth-order valence-corrected chi connectivity index (χ4v) is 3.74. The van der Waals surface area contributed by atoms with Crippen LogP contribution in [0.3, 0.4) is 0 Å². The molecule has 0 saturated carbocycles. The molecule has 4 aromatic rings. The van der Waals surface area contributed by atoms with Crippen molar-refractivity contribution in [2.75, 3.05) is 5.32 Å². The van der Waals surface area contributed by atoms with Crippen LogP contribution in [0.2, 0.25) is 0 Å². The Morgan fingerprint density at radius 2 is 1.79 bits per heavy atom. The van der Waals surface area contributed by atoms with Crippen molar-refractivity contribution in [2.24, 2.45) is 0 Å². The lowest BCUT2D eigenvalue weighted by molar-refractivity contribution is -0.112. The molecule has 0 aliphatic rings. The van der Waals surface area contributed by atoms with Gasteiger partial charge in [0.15, 0.2) is 0 Å². The predicted molar refractivity (Wildman–Crippen MR) is 124 cm³/mol. The van der Waals surface area contributed by atoms with Crippen molar-refractivity contribution in [3.05, 3.63) is 99.1 Å². The van der Waals surface area contributed by atoms with Crippen LogP contribution >= 0.6 is 0 Å². The highest BCUT2D eigenvalue weighted by Gasteiger charge is 2.17. The van der Waals surface area contributed by atoms with Gasteiger partial charge in [0, 0.05) is 17.1 Å². The van der Waals surface area contributed by atoms with E-state index in [1.807, 2.05) is 19.1 Å². The number of rotatable bonds is 4. The van der Waals surface area contributed by atoms with Crippen LogP contribution in [0, 0.1) is 37.9 Å². The number of nitrogens with zero attached hydrogens (tertiary/aromatic N) is 4. The lowest BCUT2D eigenvalue weighted by Gasteiger charge is -2.16. The van der Waals surface area contributed by atoms with Crippen LogP contribution in [0.4, 0.5) is 10.1 Å². The van der Waals surface area contributed by atoms with Gasteiger partial charge in [-0.3, -0.25) is 14.3 Å². The second-order valence-electron chi connectivity index (χ2n) is 7.56. The third-order valence-electron chi connectivity index (χ3n) is 5.32. The first-order chi connectivity index (χ1) is 15.8. The summed E-state index contributed by atoms with van der Waals surface area (Å²) < 4.78 is 16.3. The van der Waals surface area contributed by atoms with Crippen LogP contribution in [0.25, 0.3) is 17.0 Å². The highest BCUT2D eigenvalue weighted by Crippen LogP contribution is 2.20. The summed E-state index contributed by atoms with van der Waals surface area (Å²) in [6, 6.07) is 16.1. The Labute approximate surface area is 189 Å². The number of amides is 1. The maximum atomic E-state index is 13.2. The van der Waals surface area contributed by atoms with Crippen molar-refractivity contribution in [1.29, 1.82) is 5.26 Å². The molecule has 0 aliphatic heterocycles. The van der Waals surface area contributed by atoms with Crippen LogP contribution in [0.5, 0.6) is 0 Å². The number of nitriles is 1. The van der Waals surface area contributed by atoms with Crippen molar-refractivity contribution in [3.63, 3.8) is 0 Å². The number of halogens is 1. The maximum absolute atomic E-state index is 13.2. The molecule has 0 bridgehead atoms. The second kappa shape index (κ2) is 8.55. The smallest absolute Gasteiger partial charge is 0.280 e. The molecule has 0 aliphatic carbocycles. The molecule has 0 atom stereocenters. The van der Waals surface area contributed by atoms with Crippen molar-refractivity contribution in [1.82, 2.24) is 14.3 Å². The standard InChI is InChI=1S/C25H20FN5O2/c1-15-12-18(13-19(14-27)24(32)29-21-10-8-20(26)9-11-21)16(2)30(15)31-17(3)28-23-7-5-4-6-22(23)25(31)33/h4-13H,1-3H3,(H,29,32). The average Bonchev–Trinajstić information content (AvgIpc) is 3.06. The van der Waals surface area contributed by atoms with Gasteiger partial charge in [-0.05, 0) is 74.9 Å². The number of nitrogens with one attached hydrogen (secondary N) is 1. The zero-order valence-electron chi connectivity index (χ0n) is 18.3. The lowest BCUT2D eigenvalue weighted by atomic mass is 10.1. The van der Waals surface area contributed by atoms with Crippen molar-refractivity contribution >= 4 is 28.6 Å². The topological polar surface area (TPSA) is 92.7 Å². The van der Waals surface area contributed by atoms with Crippen LogP contribution in [0.15, 0.2) is 65.0 Å². The van der Waals surface area contributed by atoms with Crippen LogP contribution in [-0.4, -0.2) is 20.2 Å². The molecule has 2 heterocycles.